The molecule has 1 fully saturated rings. The number of allylic oxidation sites excluding steroid dienone is 1. The molecule has 0 spiro atoms. The predicted octanol–water partition coefficient (Wildman–Crippen LogP) is 5.12. The summed E-state index contributed by atoms with van der Waals surface area (Å²) in [6.07, 6.45) is 4.30. The molecule has 2 aromatic rings. The molecule has 9 heteroatoms. The molecule has 2 N–H and O–H groups in total. The summed E-state index contributed by atoms with van der Waals surface area (Å²) in [6.45, 7) is 7.50. The largest absolute Gasteiger partial charge is 0.478 e. The van der Waals surface area contributed by atoms with Crippen LogP contribution >= 0.6 is 27.5 Å². The average Bonchev–Trinajstić information content (AvgIpc) is 3.03. The first-order chi connectivity index (χ1) is 16.8. The Morgan fingerprint density at radius 3 is 2.23 bits per heavy atom. The summed E-state index contributed by atoms with van der Waals surface area (Å²) >= 11 is 9.71. The zero-order chi connectivity index (χ0) is 25.4. The SMILES string of the molecule is CCN1CCN(C2=Nc3ccc(Br)cc3CC=C2c2ccc(Cl)cc2)CC1.O=C(O)/C=C/C(=O)O. The first-order valence-electron chi connectivity index (χ1n) is 11.2. The Kier molecular flexibility index (Phi) is 9.65. The number of aliphatic carboxylic acids is 2. The van der Waals surface area contributed by atoms with Crippen molar-refractivity contribution in [3.63, 3.8) is 0 Å². The third-order valence-corrected chi connectivity index (χ3v) is 6.42. The molecular formula is C26H27BrClN3O4. The first-order valence-corrected chi connectivity index (χ1v) is 12.4. The lowest BCUT2D eigenvalue weighted by Gasteiger charge is -2.36. The highest BCUT2D eigenvalue weighted by Crippen LogP contribution is 2.32. The number of aliphatic imine (C=N–C) groups is 1. The van der Waals surface area contributed by atoms with Gasteiger partial charge in [0.2, 0.25) is 0 Å². The van der Waals surface area contributed by atoms with E-state index in [0.717, 1.165) is 60.2 Å². The molecule has 4 rings (SSSR count). The zero-order valence-electron chi connectivity index (χ0n) is 19.3. The second-order valence-corrected chi connectivity index (χ2v) is 9.32. The maximum absolute atomic E-state index is 9.55. The zero-order valence-corrected chi connectivity index (χ0v) is 21.7. The second-order valence-electron chi connectivity index (χ2n) is 7.97. The Hall–Kier alpha value is -2.94. The summed E-state index contributed by atoms with van der Waals surface area (Å²) in [6, 6.07) is 14.5. The maximum Gasteiger partial charge on any atom is 0.328 e. The summed E-state index contributed by atoms with van der Waals surface area (Å²) in [5.74, 6) is -1.44. The van der Waals surface area contributed by atoms with Crippen LogP contribution in [0.5, 0.6) is 0 Å². The number of rotatable bonds is 4. The third-order valence-electron chi connectivity index (χ3n) is 5.68. The van der Waals surface area contributed by atoms with Crippen LogP contribution in [0, 0.1) is 0 Å². The number of hydrogen-bond donors (Lipinski definition) is 2. The van der Waals surface area contributed by atoms with Crippen molar-refractivity contribution in [2.45, 2.75) is 13.3 Å². The van der Waals surface area contributed by atoms with Gasteiger partial charge in [0.05, 0.1) is 5.69 Å². The number of hydrogen-bond acceptors (Lipinski definition) is 5. The molecule has 0 unspecified atom stereocenters. The summed E-state index contributed by atoms with van der Waals surface area (Å²) in [7, 11) is 0. The van der Waals surface area contributed by atoms with Crippen molar-refractivity contribution in [1.82, 2.24) is 9.80 Å². The molecule has 0 bridgehead atoms. The molecule has 0 aliphatic carbocycles. The number of carboxylic acids is 2. The van der Waals surface area contributed by atoms with Crippen molar-refractivity contribution in [3.05, 3.63) is 81.3 Å². The monoisotopic (exact) mass is 559 g/mol. The average molecular weight is 561 g/mol. The fourth-order valence-electron chi connectivity index (χ4n) is 3.84. The van der Waals surface area contributed by atoms with Gasteiger partial charge in [-0.3, -0.25) is 0 Å². The lowest BCUT2D eigenvalue weighted by atomic mass is 10.0. The number of amidine groups is 1. The van der Waals surface area contributed by atoms with Crippen LogP contribution in [0.25, 0.3) is 5.57 Å². The quantitative estimate of drug-likeness (QED) is 0.504. The molecule has 0 radical (unpaired) electrons. The fraction of sp³-hybridized carbons (Fsp3) is 0.269. The minimum absolute atomic E-state index is 0.558. The van der Waals surface area contributed by atoms with Gasteiger partial charge in [-0.1, -0.05) is 52.7 Å². The van der Waals surface area contributed by atoms with Crippen molar-refractivity contribution < 1.29 is 19.8 Å². The highest BCUT2D eigenvalue weighted by atomic mass is 79.9. The lowest BCUT2D eigenvalue weighted by molar-refractivity contribution is -0.134. The van der Waals surface area contributed by atoms with Crippen molar-refractivity contribution in [2.75, 3.05) is 32.7 Å². The number of halogens is 2. The van der Waals surface area contributed by atoms with Gasteiger partial charge in [-0.2, -0.15) is 0 Å². The molecular weight excluding hydrogens is 534 g/mol. The van der Waals surface area contributed by atoms with Crippen LogP contribution in [0.2, 0.25) is 5.02 Å². The minimum Gasteiger partial charge on any atom is -0.478 e. The Bertz CT molecular complexity index is 1140. The summed E-state index contributed by atoms with van der Waals surface area (Å²) in [5.41, 5.74) is 4.68. The highest BCUT2D eigenvalue weighted by Gasteiger charge is 2.24. The number of carbonyl (C=O) groups is 2. The summed E-state index contributed by atoms with van der Waals surface area (Å²) in [5, 5.41) is 16.4. The molecule has 2 aliphatic heterocycles. The molecule has 2 aliphatic rings. The van der Waals surface area contributed by atoms with E-state index in [-0.39, 0.29) is 0 Å². The second kappa shape index (κ2) is 12.7. The van der Waals surface area contributed by atoms with Crippen LogP contribution in [0.3, 0.4) is 0 Å². The van der Waals surface area contributed by atoms with Crippen LogP contribution in [0.4, 0.5) is 5.69 Å². The van der Waals surface area contributed by atoms with Crippen LogP contribution < -0.4 is 0 Å². The van der Waals surface area contributed by atoms with Gasteiger partial charge in [-0.05, 0) is 54.4 Å². The number of benzene rings is 2. The number of piperazine rings is 1. The molecule has 7 nitrogen and oxygen atoms in total. The van der Waals surface area contributed by atoms with Crippen LogP contribution in [-0.2, 0) is 16.0 Å². The van der Waals surface area contributed by atoms with E-state index in [1.54, 1.807) is 0 Å². The van der Waals surface area contributed by atoms with Gasteiger partial charge in [0.25, 0.3) is 0 Å². The number of carboxylic acid groups (broad SMARTS) is 2. The van der Waals surface area contributed by atoms with Gasteiger partial charge in [-0.25, -0.2) is 14.6 Å². The highest BCUT2D eigenvalue weighted by molar-refractivity contribution is 9.10. The molecule has 0 atom stereocenters. The standard InChI is InChI=1S/C22H23BrClN3.C4H4O4/c1-2-26-11-13-27(14-12-26)22-20(16-3-7-19(24)8-4-16)9-5-17-15-18(23)6-10-21(17)25-22;5-3(6)1-2-4(7)8/h3-4,6-10,15H,2,5,11-14H2,1H3;1-2H,(H,5,6)(H,7,8)/b;2-1+. The van der Waals surface area contributed by atoms with E-state index in [1.165, 1.54) is 16.7 Å². The number of likely N-dealkylation sites (N-methyl/N-ethyl adjacent to an activating group) is 1. The minimum atomic E-state index is -1.26. The van der Waals surface area contributed by atoms with E-state index in [1.807, 2.05) is 12.1 Å². The summed E-state index contributed by atoms with van der Waals surface area (Å²) in [4.78, 5) is 29.2. The molecule has 0 saturated carbocycles. The van der Waals surface area contributed by atoms with Gasteiger partial charge in [0, 0.05) is 53.4 Å². The topological polar surface area (TPSA) is 93.4 Å². The Labute approximate surface area is 218 Å². The Morgan fingerprint density at radius 1 is 1.03 bits per heavy atom. The van der Waals surface area contributed by atoms with E-state index < -0.39 is 11.9 Å². The van der Waals surface area contributed by atoms with E-state index in [2.05, 4.69) is 69.1 Å². The fourth-order valence-corrected chi connectivity index (χ4v) is 4.37. The van der Waals surface area contributed by atoms with Gasteiger partial charge in [0.15, 0.2) is 0 Å². The summed E-state index contributed by atoms with van der Waals surface area (Å²) < 4.78 is 1.10. The van der Waals surface area contributed by atoms with Gasteiger partial charge in [-0.15, -0.1) is 0 Å². The first kappa shape index (κ1) is 26.7. The van der Waals surface area contributed by atoms with E-state index in [4.69, 9.17) is 26.8 Å². The normalized spacial score (nSPS) is 15.9. The van der Waals surface area contributed by atoms with Crippen LogP contribution in [-0.4, -0.2) is 70.5 Å². The van der Waals surface area contributed by atoms with Crippen LogP contribution in [0.1, 0.15) is 18.1 Å². The van der Waals surface area contributed by atoms with E-state index in [9.17, 15) is 9.59 Å². The van der Waals surface area contributed by atoms with Crippen molar-refractivity contribution >= 4 is 56.6 Å². The molecule has 2 heterocycles. The Balaban J connectivity index is 0.000000371. The van der Waals surface area contributed by atoms with E-state index in [0.29, 0.717) is 12.2 Å². The molecule has 1 saturated heterocycles. The van der Waals surface area contributed by atoms with Crippen molar-refractivity contribution in [1.29, 1.82) is 0 Å². The van der Waals surface area contributed by atoms with Crippen molar-refractivity contribution in [3.8, 4) is 0 Å². The van der Waals surface area contributed by atoms with Gasteiger partial charge in [0.1, 0.15) is 5.84 Å². The number of nitrogens with zero attached hydrogens (tertiary/aromatic N) is 3. The van der Waals surface area contributed by atoms with E-state index >= 15 is 0 Å². The van der Waals surface area contributed by atoms with Gasteiger partial charge >= 0.3 is 11.9 Å². The Morgan fingerprint density at radius 2 is 1.66 bits per heavy atom. The third kappa shape index (κ3) is 7.78. The number of fused-ring (bicyclic) bond motifs is 1. The molecule has 184 valence electrons. The maximum atomic E-state index is 9.55. The van der Waals surface area contributed by atoms with Gasteiger partial charge < -0.3 is 20.0 Å². The van der Waals surface area contributed by atoms with Crippen LogP contribution in [0.15, 0.2) is 70.2 Å². The molecule has 0 amide bonds. The van der Waals surface area contributed by atoms with Crippen molar-refractivity contribution in [2.24, 2.45) is 4.99 Å². The molecule has 0 aromatic heterocycles. The molecule has 35 heavy (non-hydrogen) atoms. The molecule has 2 aromatic carbocycles. The lowest BCUT2D eigenvalue weighted by Crippen LogP contribution is -2.48. The smallest absolute Gasteiger partial charge is 0.328 e. The predicted molar refractivity (Wildman–Crippen MR) is 142 cm³/mol.